The summed E-state index contributed by atoms with van der Waals surface area (Å²) in [6.07, 6.45) is 11.5. The molecule has 112 valence electrons. The van der Waals surface area contributed by atoms with Crippen LogP contribution in [0.2, 0.25) is 0 Å². The number of hydrogen-bond donors (Lipinski definition) is 1. The summed E-state index contributed by atoms with van der Waals surface area (Å²) < 4.78 is 0. The highest BCUT2D eigenvalue weighted by Gasteiger charge is 2.31. The van der Waals surface area contributed by atoms with Crippen LogP contribution >= 0.6 is 0 Å². The summed E-state index contributed by atoms with van der Waals surface area (Å²) in [5.41, 5.74) is 0. The third kappa shape index (κ3) is 4.46. The van der Waals surface area contributed by atoms with Gasteiger partial charge in [-0.1, -0.05) is 33.1 Å². The molecule has 0 heterocycles. The van der Waals surface area contributed by atoms with Gasteiger partial charge in [0, 0.05) is 18.6 Å². The van der Waals surface area contributed by atoms with Crippen LogP contribution in [-0.2, 0) is 0 Å². The van der Waals surface area contributed by atoms with Crippen molar-refractivity contribution in [2.45, 2.75) is 77.3 Å². The summed E-state index contributed by atoms with van der Waals surface area (Å²) in [5, 5.41) is 3.73. The second-order valence-electron chi connectivity index (χ2n) is 7.09. The molecule has 3 atom stereocenters. The first kappa shape index (κ1) is 15.3. The molecule has 2 nitrogen and oxygen atoms in total. The zero-order valence-corrected chi connectivity index (χ0v) is 13.3. The maximum atomic E-state index is 3.73. The van der Waals surface area contributed by atoms with Crippen molar-refractivity contribution in [1.82, 2.24) is 10.2 Å². The summed E-state index contributed by atoms with van der Waals surface area (Å²) in [6, 6.07) is 1.50. The van der Waals surface area contributed by atoms with Crippen molar-refractivity contribution >= 4 is 0 Å². The van der Waals surface area contributed by atoms with E-state index in [-0.39, 0.29) is 0 Å². The predicted octanol–water partition coefficient (Wildman–Crippen LogP) is 3.67. The molecule has 2 saturated carbocycles. The molecule has 0 spiro atoms. The van der Waals surface area contributed by atoms with Crippen LogP contribution in [0.15, 0.2) is 0 Å². The number of hydrogen-bond acceptors (Lipinski definition) is 2. The fourth-order valence-electron chi connectivity index (χ4n) is 4.25. The van der Waals surface area contributed by atoms with E-state index in [0.717, 1.165) is 30.5 Å². The Kier molecular flexibility index (Phi) is 6.15. The van der Waals surface area contributed by atoms with Crippen molar-refractivity contribution in [1.29, 1.82) is 0 Å². The molecule has 2 rings (SSSR count). The van der Waals surface area contributed by atoms with E-state index >= 15 is 0 Å². The van der Waals surface area contributed by atoms with E-state index in [1.54, 1.807) is 0 Å². The largest absolute Gasteiger partial charge is 0.313 e. The van der Waals surface area contributed by atoms with Crippen LogP contribution in [0.4, 0.5) is 0 Å². The lowest BCUT2D eigenvalue weighted by atomic mass is 9.81. The molecule has 0 saturated heterocycles. The molecule has 2 aliphatic carbocycles. The van der Waals surface area contributed by atoms with Crippen molar-refractivity contribution in [3.05, 3.63) is 0 Å². The zero-order chi connectivity index (χ0) is 13.7. The van der Waals surface area contributed by atoms with E-state index in [4.69, 9.17) is 0 Å². The Balaban J connectivity index is 1.87. The van der Waals surface area contributed by atoms with E-state index in [9.17, 15) is 0 Å². The van der Waals surface area contributed by atoms with Crippen molar-refractivity contribution in [3.8, 4) is 0 Å². The van der Waals surface area contributed by atoms with Crippen LogP contribution in [0, 0.1) is 11.8 Å². The van der Waals surface area contributed by atoms with Gasteiger partial charge in [-0.25, -0.2) is 0 Å². The Bertz CT molecular complexity index is 248. The van der Waals surface area contributed by atoms with Gasteiger partial charge >= 0.3 is 0 Å². The van der Waals surface area contributed by atoms with Crippen LogP contribution in [0.5, 0.6) is 0 Å². The first-order chi connectivity index (χ1) is 9.20. The average Bonchev–Trinajstić information content (AvgIpc) is 2.42. The third-order valence-electron chi connectivity index (χ3n) is 5.38. The molecule has 0 aliphatic heterocycles. The molecule has 2 fully saturated rings. The Labute approximate surface area is 120 Å². The number of likely N-dealkylation sites (N-methyl/N-ethyl adjacent to an activating group) is 2. The van der Waals surface area contributed by atoms with Crippen molar-refractivity contribution in [2.24, 2.45) is 11.8 Å². The zero-order valence-electron chi connectivity index (χ0n) is 13.3. The average molecular weight is 266 g/mol. The third-order valence-corrected chi connectivity index (χ3v) is 5.38. The molecule has 3 unspecified atom stereocenters. The van der Waals surface area contributed by atoms with Crippen molar-refractivity contribution < 1.29 is 0 Å². The predicted molar refractivity (Wildman–Crippen MR) is 83.5 cm³/mol. The van der Waals surface area contributed by atoms with Crippen LogP contribution in [0.25, 0.3) is 0 Å². The monoisotopic (exact) mass is 266 g/mol. The van der Waals surface area contributed by atoms with Crippen LogP contribution in [-0.4, -0.2) is 37.1 Å². The molecule has 0 aromatic carbocycles. The van der Waals surface area contributed by atoms with Gasteiger partial charge in [0.25, 0.3) is 0 Å². The summed E-state index contributed by atoms with van der Waals surface area (Å²) in [5.74, 6) is 1.88. The number of nitrogens with one attached hydrogen (secondary N) is 1. The van der Waals surface area contributed by atoms with E-state index in [0.29, 0.717) is 0 Å². The Hall–Kier alpha value is -0.0800. The summed E-state index contributed by atoms with van der Waals surface area (Å²) in [4.78, 5) is 2.69. The molecule has 0 amide bonds. The first-order valence-corrected chi connectivity index (χ1v) is 8.64. The molecule has 1 N–H and O–H groups in total. The molecule has 0 aromatic rings. The van der Waals surface area contributed by atoms with Crippen molar-refractivity contribution in [2.75, 3.05) is 20.1 Å². The maximum absolute atomic E-state index is 3.73. The Morgan fingerprint density at radius 2 is 1.79 bits per heavy atom. The fraction of sp³-hybridized carbons (Fsp3) is 1.00. The van der Waals surface area contributed by atoms with Gasteiger partial charge < -0.3 is 10.2 Å². The van der Waals surface area contributed by atoms with Crippen LogP contribution in [0.3, 0.4) is 0 Å². The molecule has 0 bridgehead atoms. The minimum atomic E-state index is 0.731. The van der Waals surface area contributed by atoms with Crippen molar-refractivity contribution in [3.63, 3.8) is 0 Å². The number of rotatable bonds is 5. The van der Waals surface area contributed by atoms with Gasteiger partial charge in [0.05, 0.1) is 0 Å². The molecule has 2 heteroatoms. The molecule has 2 aliphatic rings. The minimum absolute atomic E-state index is 0.731. The summed E-state index contributed by atoms with van der Waals surface area (Å²) in [7, 11) is 2.38. The van der Waals surface area contributed by atoms with Gasteiger partial charge in [-0.05, 0) is 57.5 Å². The minimum Gasteiger partial charge on any atom is -0.313 e. The van der Waals surface area contributed by atoms with Gasteiger partial charge in [-0.15, -0.1) is 0 Å². The lowest BCUT2D eigenvalue weighted by molar-refractivity contribution is 0.102. The molecular weight excluding hydrogens is 232 g/mol. The lowest BCUT2D eigenvalue weighted by Crippen LogP contribution is -2.52. The molecular formula is C17H34N2. The lowest BCUT2D eigenvalue weighted by Gasteiger charge is -2.42. The molecule has 0 aromatic heterocycles. The highest BCUT2D eigenvalue weighted by molar-refractivity contribution is 4.90. The smallest absolute Gasteiger partial charge is 0.0248 e. The summed E-state index contributed by atoms with van der Waals surface area (Å²) >= 11 is 0. The first-order valence-electron chi connectivity index (χ1n) is 8.64. The van der Waals surface area contributed by atoms with E-state index in [1.165, 1.54) is 57.9 Å². The molecule has 0 radical (unpaired) electrons. The van der Waals surface area contributed by atoms with E-state index in [1.807, 2.05) is 0 Å². The van der Waals surface area contributed by atoms with Gasteiger partial charge in [0.1, 0.15) is 0 Å². The van der Waals surface area contributed by atoms with E-state index in [2.05, 4.69) is 31.1 Å². The molecule has 19 heavy (non-hydrogen) atoms. The fourth-order valence-corrected chi connectivity index (χ4v) is 4.25. The van der Waals surface area contributed by atoms with Crippen LogP contribution < -0.4 is 5.32 Å². The van der Waals surface area contributed by atoms with Gasteiger partial charge in [0.2, 0.25) is 0 Å². The second-order valence-corrected chi connectivity index (χ2v) is 7.09. The Morgan fingerprint density at radius 1 is 1.05 bits per heavy atom. The van der Waals surface area contributed by atoms with Gasteiger partial charge in [-0.3, -0.25) is 0 Å². The topological polar surface area (TPSA) is 15.3 Å². The highest BCUT2D eigenvalue weighted by atomic mass is 15.2. The normalized spacial score (nSPS) is 33.8. The van der Waals surface area contributed by atoms with Gasteiger partial charge in [-0.2, -0.15) is 0 Å². The summed E-state index contributed by atoms with van der Waals surface area (Å²) in [6.45, 7) is 7.13. The van der Waals surface area contributed by atoms with Gasteiger partial charge in [0.15, 0.2) is 0 Å². The Morgan fingerprint density at radius 3 is 2.47 bits per heavy atom. The van der Waals surface area contributed by atoms with Crippen LogP contribution in [0.1, 0.15) is 65.2 Å². The quantitative estimate of drug-likeness (QED) is 0.817. The maximum Gasteiger partial charge on any atom is 0.0248 e. The SMILES string of the molecule is CCNC1CCC(C)CC1N(C)CC1CCCCC1. The highest BCUT2D eigenvalue weighted by Crippen LogP contribution is 2.30. The number of nitrogens with zero attached hydrogens (tertiary/aromatic N) is 1. The second kappa shape index (κ2) is 7.64. The standard InChI is InChI=1S/C17H34N2/c1-4-18-16-11-10-14(2)12-17(16)19(3)13-15-8-6-5-7-9-15/h14-18H,4-13H2,1-3H3. The van der Waals surface area contributed by atoms with E-state index < -0.39 is 0 Å².